The third-order valence-corrected chi connectivity index (χ3v) is 1.50. The molecule has 1 unspecified atom stereocenters. The van der Waals surface area contributed by atoms with Crippen LogP contribution < -0.4 is 24.0 Å². The molecule has 0 fully saturated rings. The van der Waals surface area contributed by atoms with Crippen LogP contribution in [0.1, 0.15) is 13.8 Å². The fourth-order valence-corrected chi connectivity index (χ4v) is 0.465. The van der Waals surface area contributed by atoms with Gasteiger partial charge in [0.25, 0.3) is 0 Å². The van der Waals surface area contributed by atoms with Gasteiger partial charge < -0.3 is 33.2 Å². The van der Waals surface area contributed by atoms with Crippen molar-refractivity contribution in [1.82, 2.24) is 0 Å². The molecule has 0 aliphatic rings. The monoisotopic (exact) mass is 259 g/mol. The molecule has 0 saturated carbocycles. The molecule has 0 aromatic heterocycles. The van der Waals surface area contributed by atoms with Crippen molar-refractivity contribution < 1.29 is 33.2 Å². The Kier molecular flexibility index (Phi) is 7.05. The SMILES string of the molecule is CCOC(C)[N+](C)(C)C.[I-]. The van der Waals surface area contributed by atoms with Gasteiger partial charge in [-0.05, 0) is 6.92 Å². The first-order chi connectivity index (χ1) is 3.98. The minimum atomic E-state index is 0. The Labute approximate surface area is 81.2 Å². The number of hydrogen-bond acceptors (Lipinski definition) is 1. The molecule has 0 radical (unpaired) electrons. The lowest BCUT2D eigenvalue weighted by Gasteiger charge is -2.30. The van der Waals surface area contributed by atoms with Crippen LogP contribution in [0.5, 0.6) is 0 Å². The maximum Gasteiger partial charge on any atom is 0.189 e. The van der Waals surface area contributed by atoms with Crippen LogP contribution in [-0.2, 0) is 4.74 Å². The number of nitrogens with zero attached hydrogens (tertiary/aromatic N) is 1. The Morgan fingerprint density at radius 3 is 1.80 bits per heavy atom. The molecule has 2 nitrogen and oxygen atoms in total. The smallest absolute Gasteiger partial charge is 0.189 e. The summed E-state index contributed by atoms with van der Waals surface area (Å²) in [4.78, 5) is 0. The van der Waals surface area contributed by atoms with Crippen LogP contribution in [0.25, 0.3) is 0 Å². The lowest BCUT2D eigenvalue weighted by Crippen LogP contribution is -3.00. The van der Waals surface area contributed by atoms with Crippen LogP contribution in [-0.4, -0.2) is 38.5 Å². The average molecular weight is 259 g/mol. The van der Waals surface area contributed by atoms with E-state index in [1.165, 1.54) is 0 Å². The van der Waals surface area contributed by atoms with Crippen LogP contribution >= 0.6 is 0 Å². The van der Waals surface area contributed by atoms with E-state index in [0.29, 0.717) is 6.23 Å². The molecule has 3 heteroatoms. The molecule has 0 rings (SSSR count). The van der Waals surface area contributed by atoms with Gasteiger partial charge in [0.1, 0.15) is 0 Å². The summed E-state index contributed by atoms with van der Waals surface area (Å²) < 4.78 is 6.25. The maximum absolute atomic E-state index is 5.38. The summed E-state index contributed by atoms with van der Waals surface area (Å²) in [6.45, 7) is 4.91. The normalized spacial score (nSPS) is 14.1. The summed E-state index contributed by atoms with van der Waals surface area (Å²) in [6.07, 6.45) is 0.301. The molecule has 0 heterocycles. The first-order valence-corrected chi connectivity index (χ1v) is 3.41. The quantitative estimate of drug-likeness (QED) is 0.326. The molecule has 0 saturated heterocycles. The molecule has 0 aromatic rings. The number of hydrogen-bond donors (Lipinski definition) is 0. The van der Waals surface area contributed by atoms with Crippen LogP contribution in [0.4, 0.5) is 0 Å². The third-order valence-electron chi connectivity index (χ3n) is 1.50. The summed E-state index contributed by atoms with van der Waals surface area (Å²) in [5, 5.41) is 0. The molecular formula is C7H18INO. The van der Waals surface area contributed by atoms with Crippen molar-refractivity contribution in [3.63, 3.8) is 0 Å². The fraction of sp³-hybridized carbons (Fsp3) is 1.00. The van der Waals surface area contributed by atoms with Gasteiger partial charge in [0.05, 0.1) is 27.7 Å². The summed E-state index contributed by atoms with van der Waals surface area (Å²) in [6, 6.07) is 0. The van der Waals surface area contributed by atoms with Crippen LogP contribution in [0, 0.1) is 0 Å². The van der Waals surface area contributed by atoms with Gasteiger partial charge in [-0.2, -0.15) is 0 Å². The minimum absolute atomic E-state index is 0. The summed E-state index contributed by atoms with van der Waals surface area (Å²) in [5.41, 5.74) is 0. The van der Waals surface area contributed by atoms with E-state index in [1.807, 2.05) is 6.92 Å². The zero-order valence-corrected chi connectivity index (χ0v) is 9.68. The predicted molar refractivity (Wildman–Crippen MR) is 39.1 cm³/mol. The molecule has 0 spiro atoms. The highest BCUT2D eigenvalue weighted by Crippen LogP contribution is 2.01. The third kappa shape index (κ3) is 5.44. The van der Waals surface area contributed by atoms with Gasteiger partial charge in [-0.1, -0.05) is 0 Å². The second-order valence-electron chi connectivity index (χ2n) is 3.17. The van der Waals surface area contributed by atoms with Crippen LogP contribution in [0.15, 0.2) is 0 Å². The van der Waals surface area contributed by atoms with E-state index >= 15 is 0 Å². The lowest BCUT2D eigenvalue weighted by atomic mass is 10.5. The Hall–Kier alpha value is 0.650. The number of quaternary nitrogens is 1. The molecule has 0 N–H and O–H groups in total. The van der Waals surface area contributed by atoms with Crippen molar-refractivity contribution in [2.75, 3.05) is 27.7 Å². The Morgan fingerprint density at radius 1 is 1.30 bits per heavy atom. The Bertz CT molecular complexity index is 80.2. The lowest BCUT2D eigenvalue weighted by molar-refractivity contribution is -0.917. The first kappa shape index (κ1) is 13.3. The van der Waals surface area contributed by atoms with Crippen LogP contribution in [0.3, 0.4) is 0 Å². The van der Waals surface area contributed by atoms with Gasteiger partial charge in [-0.3, -0.25) is 0 Å². The minimum Gasteiger partial charge on any atom is -1.00 e. The highest BCUT2D eigenvalue weighted by atomic mass is 127. The molecule has 0 bridgehead atoms. The van der Waals surface area contributed by atoms with Gasteiger partial charge in [0.15, 0.2) is 6.23 Å². The van der Waals surface area contributed by atoms with E-state index in [0.717, 1.165) is 11.1 Å². The number of rotatable bonds is 3. The predicted octanol–water partition coefficient (Wildman–Crippen LogP) is -1.92. The van der Waals surface area contributed by atoms with Crippen molar-refractivity contribution in [2.24, 2.45) is 0 Å². The second kappa shape index (κ2) is 5.32. The Morgan fingerprint density at radius 2 is 1.70 bits per heavy atom. The van der Waals surface area contributed by atoms with E-state index in [9.17, 15) is 0 Å². The molecule has 0 amide bonds. The van der Waals surface area contributed by atoms with Crippen molar-refractivity contribution >= 4 is 0 Å². The van der Waals surface area contributed by atoms with Gasteiger partial charge in [0, 0.05) is 6.92 Å². The highest BCUT2D eigenvalue weighted by molar-refractivity contribution is 4.27. The van der Waals surface area contributed by atoms with E-state index in [-0.39, 0.29) is 24.0 Å². The van der Waals surface area contributed by atoms with Crippen molar-refractivity contribution in [3.8, 4) is 0 Å². The van der Waals surface area contributed by atoms with Crippen molar-refractivity contribution in [1.29, 1.82) is 0 Å². The largest absolute Gasteiger partial charge is 1.00 e. The summed E-state index contributed by atoms with van der Waals surface area (Å²) in [5.74, 6) is 0. The van der Waals surface area contributed by atoms with E-state index in [1.54, 1.807) is 0 Å². The summed E-state index contributed by atoms with van der Waals surface area (Å²) >= 11 is 0. The average Bonchev–Trinajstić information content (AvgIpc) is 1.64. The fourth-order valence-electron chi connectivity index (χ4n) is 0.465. The molecule has 10 heavy (non-hydrogen) atoms. The summed E-state index contributed by atoms with van der Waals surface area (Å²) in [7, 11) is 6.38. The molecule has 0 aromatic carbocycles. The van der Waals surface area contributed by atoms with Gasteiger partial charge in [0.2, 0.25) is 0 Å². The first-order valence-electron chi connectivity index (χ1n) is 3.41. The topological polar surface area (TPSA) is 9.23 Å². The maximum atomic E-state index is 5.38. The molecule has 1 atom stereocenters. The second-order valence-corrected chi connectivity index (χ2v) is 3.17. The van der Waals surface area contributed by atoms with Gasteiger partial charge >= 0.3 is 0 Å². The number of halogens is 1. The molecular weight excluding hydrogens is 241 g/mol. The van der Waals surface area contributed by atoms with E-state index < -0.39 is 0 Å². The van der Waals surface area contributed by atoms with E-state index in [4.69, 9.17) is 4.74 Å². The zero-order chi connectivity index (χ0) is 7.49. The zero-order valence-electron chi connectivity index (χ0n) is 7.52. The molecule has 0 aliphatic carbocycles. The highest BCUT2D eigenvalue weighted by Gasteiger charge is 2.16. The van der Waals surface area contributed by atoms with Crippen LogP contribution in [0.2, 0.25) is 0 Å². The Balaban J connectivity index is 0. The molecule has 64 valence electrons. The molecule has 0 aliphatic heterocycles. The standard InChI is InChI=1S/C7H18NO.HI/c1-6-9-7(2)8(3,4)5;/h7H,6H2,1-5H3;1H/q+1;/p-1. The van der Waals surface area contributed by atoms with Crippen molar-refractivity contribution in [3.05, 3.63) is 0 Å². The van der Waals surface area contributed by atoms with Gasteiger partial charge in [-0.25, -0.2) is 0 Å². The number of ether oxygens (including phenoxy) is 1. The van der Waals surface area contributed by atoms with Gasteiger partial charge in [-0.15, -0.1) is 0 Å². The van der Waals surface area contributed by atoms with E-state index in [2.05, 4.69) is 28.1 Å². The van der Waals surface area contributed by atoms with Crippen molar-refractivity contribution in [2.45, 2.75) is 20.1 Å².